The van der Waals surface area contributed by atoms with Crippen LogP contribution < -0.4 is 19.7 Å². The Balaban J connectivity index is 1.54. The number of urea groups is 1. The van der Waals surface area contributed by atoms with Crippen molar-refractivity contribution in [2.45, 2.75) is 38.3 Å². The lowest BCUT2D eigenvalue weighted by molar-refractivity contribution is -0.932. The van der Waals surface area contributed by atoms with Gasteiger partial charge in [0.25, 0.3) is 5.91 Å². The van der Waals surface area contributed by atoms with Crippen LogP contribution >= 0.6 is 0 Å². The van der Waals surface area contributed by atoms with Gasteiger partial charge in [-0.15, -0.1) is 0 Å². The van der Waals surface area contributed by atoms with Crippen LogP contribution in [0.25, 0.3) is 0 Å². The van der Waals surface area contributed by atoms with Crippen molar-refractivity contribution in [2.75, 3.05) is 32.8 Å². The van der Waals surface area contributed by atoms with E-state index in [9.17, 15) is 9.59 Å². The molecule has 7 nitrogen and oxygen atoms in total. The fourth-order valence-electron chi connectivity index (χ4n) is 4.24. The number of likely N-dealkylation sites (tertiary alicyclic amines) is 1. The molecular weight excluding hydrogens is 334 g/mol. The average molecular weight is 360 g/mol. The molecule has 1 aromatic rings. The molecule has 3 atom stereocenters. The van der Waals surface area contributed by atoms with Crippen molar-refractivity contribution >= 4 is 11.9 Å². The topological polar surface area (TPSA) is 72.3 Å². The standard InChI is InChI=1S/C19H25N3O4/c1-13(18(23)22-9-7-20-19(22)24)21-8-2-4-15(21)14-5-6-16-17(12-14)26-11-3-10-25-16/h5-6,12-13,15H,2-4,7-11H2,1H3,(H,20,24)/p+1/t13-,15+/m0/s1. The first-order valence-electron chi connectivity index (χ1n) is 9.49. The Labute approximate surface area is 153 Å². The lowest BCUT2D eigenvalue weighted by Crippen LogP contribution is -3.15. The van der Waals surface area contributed by atoms with Gasteiger partial charge in [-0.3, -0.25) is 9.69 Å². The van der Waals surface area contributed by atoms with Gasteiger partial charge in [0, 0.05) is 37.9 Å². The molecule has 2 saturated heterocycles. The second-order valence-electron chi connectivity index (χ2n) is 7.22. The fourth-order valence-corrected chi connectivity index (χ4v) is 4.24. The van der Waals surface area contributed by atoms with Crippen LogP contribution in [-0.2, 0) is 4.79 Å². The number of hydrogen-bond donors (Lipinski definition) is 2. The van der Waals surface area contributed by atoms with Crippen LogP contribution in [0.15, 0.2) is 18.2 Å². The van der Waals surface area contributed by atoms with Crippen LogP contribution in [0.5, 0.6) is 11.5 Å². The van der Waals surface area contributed by atoms with Crippen LogP contribution in [0.1, 0.15) is 37.8 Å². The molecule has 0 aliphatic carbocycles. The Morgan fingerprint density at radius 2 is 2.08 bits per heavy atom. The number of ether oxygens (including phenoxy) is 2. The minimum Gasteiger partial charge on any atom is -0.490 e. The van der Waals surface area contributed by atoms with Gasteiger partial charge in [0.2, 0.25) is 0 Å². The second-order valence-corrected chi connectivity index (χ2v) is 7.22. The number of carbonyl (C=O) groups excluding carboxylic acids is 2. The maximum Gasteiger partial charge on any atom is 0.324 e. The number of imide groups is 1. The number of rotatable bonds is 3. The lowest BCUT2D eigenvalue weighted by atomic mass is 10.0. The summed E-state index contributed by atoms with van der Waals surface area (Å²) < 4.78 is 11.5. The van der Waals surface area contributed by atoms with E-state index in [1.807, 2.05) is 13.0 Å². The van der Waals surface area contributed by atoms with Gasteiger partial charge in [-0.2, -0.15) is 0 Å². The molecule has 26 heavy (non-hydrogen) atoms. The molecule has 0 radical (unpaired) electrons. The predicted octanol–water partition coefficient (Wildman–Crippen LogP) is 0.508. The predicted molar refractivity (Wildman–Crippen MR) is 94.4 cm³/mol. The summed E-state index contributed by atoms with van der Waals surface area (Å²) in [5.41, 5.74) is 1.17. The minimum absolute atomic E-state index is 0.0868. The van der Waals surface area contributed by atoms with Gasteiger partial charge in [-0.1, -0.05) is 0 Å². The van der Waals surface area contributed by atoms with E-state index in [4.69, 9.17) is 9.47 Å². The molecule has 2 N–H and O–H groups in total. The van der Waals surface area contributed by atoms with Crippen molar-refractivity contribution in [3.05, 3.63) is 23.8 Å². The van der Waals surface area contributed by atoms with Gasteiger partial charge in [-0.25, -0.2) is 4.79 Å². The molecule has 140 valence electrons. The summed E-state index contributed by atoms with van der Waals surface area (Å²) >= 11 is 0. The van der Waals surface area contributed by atoms with Crippen LogP contribution in [0.3, 0.4) is 0 Å². The number of nitrogens with one attached hydrogen (secondary N) is 2. The maximum atomic E-state index is 12.8. The zero-order chi connectivity index (χ0) is 18.1. The molecule has 7 heteroatoms. The van der Waals surface area contributed by atoms with Gasteiger partial charge in [0.15, 0.2) is 17.5 Å². The van der Waals surface area contributed by atoms with Crippen LogP contribution in [-0.4, -0.2) is 55.7 Å². The molecule has 0 saturated carbocycles. The van der Waals surface area contributed by atoms with E-state index < -0.39 is 0 Å². The van der Waals surface area contributed by atoms with Crippen molar-refractivity contribution < 1.29 is 24.0 Å². The number of carbonyl (C=O) groups is 2. The van der Waals surface area contributed by atoms with Crippen LogP contribution in [0, 0.1) is 0 Å². The number of amides is 3. The van der Waals surface area contributed by atoms with Crippen molar-refractivity contribution in [1.29, 1.82) is 0 Å². The second kappa shape index (κ2) is 7.15. The number of fused-ring (bicyclic) bond motifs is 1. The molecule has 3 heterocycles. The van der Waals surface area contributed by atoms with E-state index in [1.54, 1.807) is 0 Å². The largest absolute Gasteiger partial charge is 0.490 e. The van der Waals surface area contributed by atoms with E-state index >= 15 is 0 Å². The van der Waals surface area contributed by atoms with Crippen molar-refractivity contribution in [1.82, 2.24) is 10.2 Å². The summed E-state index contributed by atoms with van der Waals surface area (Å²) in [4.78, 5) is 27.2. The quantitative estimate of drug-likeness (QED) is 0.824. The Morgan fingerprint density at radius 1 is 1.27 bits per heavy atom. The number of quaternary nitrogens is 1. The van der Waals surface area contributed by atoms with Crippen molar-refractivity contribution in [3.8, 4) is 11.5 Å². The van der Waals surface area contributed by atoms with E-state index in [1.165, 1.54) is 15.4 Å². The zero-order valence-corrected chi connectivity index (χ0v) is 15.1. The van der Waals surface area contributed by atoms with E-state index in [2.05, 4.69) is 17.4 Å². The molecular formula is C19H26N3O4+. The lowest BCUT2D eigenvalue weighted by Gasteiger charge is -2.29. The number of nitrogens with zero attached hydrogens (tertiary/aromatic N) is 1. The SMILES string of the molecule is C[C@@H](C(=O)N1CCNC1=O)[NH+]1CCC[C@@H]1c1ccc2c(c1)OCCCO2. The molecule has 0 spiro atoms. The van der Waals surface area contributed by atoms with Gasteiger partial charge in [0.1, 0.15) is 6.04 Å². The highest BCUT2D eigenvalue weighted by Crippen LogP contribution is 2.33. The van der Waals surface area contributed by atoms with Crippen LogP contribution in [0.4, 0.5) is 4.79 Å². The van der Waals surface area contributed by atoms with Crippen LogP contribution in [0.2, 0.25) is 0 Å². The zero-order valence-electron chi connectivity index (χ0n) is 15.1. The summed E-state index contributed by atoms with van der Waals surface area (Å²) in [5.74, 6) is 1.50. The third kappa shape index (κ3) is 3.11. The van der Waals surface area contributed by atoms with Gasteiger partial charge < -0.3 is 19.7 Å². The first-order chi connectivity index (χ1) is 12.6. The molecule has 3 amide bonds. The minimum atomic E-state index is -0.271. The highest BCUT2D eigenvalue weighted by molar-refractivity contribution is 5.97. The highest BCUT2D eigenvalue weighted by Gasteiger charge is 2.41. The third-order valence-corrected chi connectivity index (χ3v) is 5.63. The third-order valence-electron chi connectivity index (χ3n) is 5.63. The Hall–Kier alpha value is -2.28. The van der Waals surface area contributed by atoms with Crippen molar-refractivity contribution in [3.63, 3.8) is 0 Å². The summed E-state index contributed by atoms with van der Waals surface area (Å²) in [6.07, 6.45) is 2.98. The first-order valence-corrected chi connectivity index (χ1v) is 9.49. The molecule has 2 fully saturated rings. The number of hydrogen-bond acceptors (Lipinski definition) is 4. The summed E-state index contributed by atoms with van der Waals surface area (Å²) in [5, 5.41) is 2.71. The molecule has 4 rings (SSSR count). The maximum absolute atomic E-state index is 12.8. The fraction of sp³-hybridized carbons (Fsp3) is 0.579. The van der Waals surface area contributed by atoms with E-state index in [-0.39, 0.29) is 24.0 Å². The molecule has 3 aliphatic heterocycles. The summed E-state index contributed by atoms with van der Waals surface area (Å²) in [6, 6.07) is 5.85. The summed E-state index contributed by atoms with van der Waals surface area (Å²) in [7, 11) is 0. The monoisotopic (exact) mass is 360 g/mol. The molecule has 3 aliphatic rings. The van der Waals surface area contributed by atoms with E-state index in [0.717, 1.165) is 37.3 Å². The first kappa shape index (κ1) is 17.1. The van der Waals surface area contributed by atoms with E-state index in [0.29, 0.717) is 26.3 Å². The number of benzene rings is 1. The summed E-state index contributed by atoms with van der Waals surface area (Å²) in [6.45, 7) is 5.21. The Bertz CT molecular complexity index is 708. The van der Waals surface area contributed by atoms with Gasteiger partial charge in [-0.05, 0) is 25.1 Å². The average Bonchev–Trinajstić information content (AvgIpc) is 3.24. The van der Waals surface area contributed by atoms with Crippen molar-refractivity contribution in [2.24, 2.45) is 0 Å². The molecule has 1 unspecified atom stereocenters. The highest BCUT2D eigenvalue weighted by atomic mass is 16.5. The molecule has 1 aromatic carbocycles. The van der Waals surface area contributed by atoms with Gasteiger partial charge >= 0.3 is 6.03 Å². The Morgan fingerprint density at radius 3 is 2.85 bits per heavy atom. The molecule has 0 aromatic heterocycles. The van der Waals surface area contributed by atoms with Gasteiger partial charge in [0.05, 0.1) is 19.8 Å². The normalized spacial score (nSPS) is 26.3. The molecule has 0 bridgehead atoms. The Kier molecular flexibility index (Phi) is 4.72. The smallest absolute Gasteiger partial charge is 0.324 e.